The lowest BCUT2D eigenvalue weighted by atomic mass is 9.72. The van der Waals surface area contributed by atoms with E-state index in [2.05, 4.69) is 0 Å². The molecular formula is C14H24N2O2S. The maximum atomic E-state index is 12.9. The molecule has 0 aromatic rings. The van der Waals surface area contributed by atoms with Gasteiger partial charge in [-0.15, -0.1) is 0 Å². The summed E-state index contributed by atoms with van der Waals surface area (Å²) in [6.07, 6.45) is 4.86. The first-order valence-electron chi connectivity index (χ1n) is 7.11. The minimum absolute atomic E-state index is 0.121. The lowest BCUT2D eigenvalue weighted by molar-refractivity contribution is -0.154. The average molecular weight is 284 g/mol. The van der Waals surface area contributed by atoms with Gasteiger partial charge < -0.3 is 15.4 Å². The Bertz CT molecular complexity index is 376. The molecule has 2 rings (SSSR count). The summed E-state index contributed by atoms with van der Waals surface area (Å²) in [5.41, 5.74) is 5.06. The Morgan fingerprint density at radius 2 is 1.89 bits per heavy atom. The second kappa shape index (κ2) is 5.37. The van der Waals surface area contributed by atoms with Gasteiger partial charge in [0.05, 0.1) is 22.6 Å². The molecule has 2 fully saturated rings. The summed E-state index contributed by atoms with van der Waals surface area (Å²) < 4.78 is 5.67. The fraction of sp³-hybridized carbons (Fsp3) is 0.857. The Kier molecular flexibility index (Phi) is 4.16. The van der Waals surface area contributed by atoms with Crippen LogP contribution in [0.2, 0.25) is 0 Å². The van der Waals surface area contributed by atoms with Gasteiger partial charge in [-0.1, -0.05) is 31.5 Å². The van der Waals surface area contributed by atoms with Crippen molar-refractivity contribution in [1.82, 2.24) is 4.90 Å². The molecular weight excluding hydrogens is 260 g/mol. The molecule has 0 bridgehead atoms. The summed E-state index contributed by atoms with van der Waals surface area (Å²) in [5.74, 6) is 0.121. The number of hydrogen-bond donors (Lipinski definition) is 1. The van der Waals surface area contributed by atoms with Crippen LogP contribution in [0.5, 0.6) is 0 Å². The van der Waals surface area contributed by atoms with Crippen LogP contribution in [-0.2, 0) is 9.53 Å². The molecule has 5 heteroatoms. The van der Waals surface area contributed by atoms with Crippen LogP contribution in [0.3, 0.4) is 0 Å². The Hall–Kier alpha value is -0.680. The highest BCUT2D eigenvalue weighted by molar-refractivity contribution is 7.80. The number of rotatable bonds is 2. The van der Waals surface area contributed by atoms with Crippen molar-refractivity contribution in [2.24, 2.45) is 11.1 Å². The van der Waals surface area contributed by atoms with Crippen molar-refractivity contribution in [3.63, 3.8) is 0 Å². The predicted molar refractivity (Wildman–Crippen MR) is 78.9 cm³/mol. The van der Waals surface area contributed by atoms with Gasteiger partial charge in [-0.05, 0) is 26.7 Å². The fourth-order valence-electron chi connectivity index (χ4n) is 3.21. The fourth-order valence-corrected chi connectivity index (χ4v) is 3.50. The summed E-state index contributed by atoms with van der Waals surface area (Å²) in [4.78, 5) is 15.2. The van der Waals surface area contributed by atoms with E-state index in [9.17, 15) is 4.79 Å². The van der Waals surface area contributed by atoms with Gasteiger partial charge in [0, 0.05) is 13.1 Å². The van der Waals surface area contributed by atoms with E-state index in [-0.39, 0.29) is 11.5 Å². The number of nitrogens with two attached hydrogens (primary N) is 1. The van der Waals surface area contributed by atoms with E-state index in [0.29, 0.717) is 24.7 Å². The van der Waals surface area contributed by atoms with E-state index in [1.54, 1.807) is 0 Å². The molecule has 1 heterocycles. The van der Waals surface area contributed by atoms with Crippen LogP contribution in [0.25, 0.3) is 0 Å². The van der Waals surface area contributed by atoms with Crippen LogP contribution >= 0.6 is 12.2 Å². The molecule has 2 N–H and O–H groups in total. The third-order valence-corrected chi connectivity index (χ3v) is 4.69. The summed E-state index contributed by atoms with van der Waals surface area (Å²) in [6.45, 7) is 5.89. The zero-order chi connectivity index (χ0) is 14.1. The number of morpholine rings is 1. The van der Waals surface area contributed by atoms with Crippen molar-refractivity contribution < 1.29 is 9.53 Å². The highest BCUT2D eigenvalue weighted by Crippen LogP contribution is 2.39. The Morgan fingerprint density at radius 3 is 2.42 bits per heavy atom. The maximum absolute atomic E-state index is 12.9. The van der Waals surface area contributed by atoms with E-state index >= 15 is 0 Å². The number of carbonyl (C=O) groups excluding carboxylic acids is 1. The number of carbonyl (C=O) groups is 1. The Balaban J connectivity index is 2.18. The number of hydrogen-bond acceptors (Lipinski definition) is 3. The molecule has 0 unspecified atom stereocenters. The largest absolute Gasteiger partial charge is 0.392 e. The lowest BCUT2D eigenvalue weighted by Gasteiger charge is -2.44. The minimum atomic E-state index is -0.596. The molecule has 19 heavy (non-hydrogen) atoms. The predicted octanol–water partition coefficient (Wildman–Crippen LogP) is 1.86. The first kappa shape index (κ1) is 14.7. The van der Waals surface area contributed by atoms with Gasteiger partial charge in [-0.2, -0.15) is 0 Å². The SMILES string of the molecule is CC1(C)CN(C(=O)C2(C(N)=S)CCCCC2)CCO1. The number of nitrogens with zero attached hydrogens (tertiary/aromatic N) is 1. The van der Waals surface area contributed by atoms with Crippen molar-refractivity contribution in [2.45, 2.75) is 51.6 Å². The van der Waals surface area contributed by atoms with Gasteiger partial charge in [-0.25, -0.2) is 0 Å². The van der Waals surface area contributed by atoms with E-state index in [1.807, 2.05) is 18.7 Å². The number of ether oxygens (including phenoxy) is 1. The topological polar surface area (TPSA) is 55.6 Å². The molecule has 0 spiro atoms. The third kappa shape index (κ3) is 2.92. The van der Waals surface area contributed by atoms with Crippen molar-refractivity contribution in [1.29, 1.82) is 0 Å². The molecule has 1 saturated carbocycles. The molecule has 1 amide bonds. The summed E-state index contributed by atoms with van der Waals surface area (Å²) in [7, 11) is 0. The van der Waals surface area contributed by atoms with Crippen molar-refractivity contribution in [3.8, 4) is 0 Å². The highest BCUT2D eigenvalue weighted by atomic mass is 32.1. The first-order chi connectivity index (χ1) is 8.87. The quantitative estimate of drug-likeness (QED) is 0.786. The van der Waals surface area contributed by atoms with Crippen LogP contribution in [0.4, 0.5) is 0 Å². The minimum Gasteiger partial charge on any atom is -0.392 e. The van der Waals surface area contributed by atoms with Crippen LogP contribution in [-0.4, -0.2) is 41.1 Å². The zero-order valence-corrected chi connectivity index (χ0v) is 12.7. The summed E-state index contributed by atoms with van der Waals surface area (Å²) >= 11 is 5.23. The molecule has 2 aliphatic rings. The molecule has 1 aliphatic heterocycles. The monoisotopic (exact) mass is 284 g/mol. The molecule has 1 aliphatic carbocycles. The van der Waals surface area contributed by atoms with Gasteiger partial charge in [-0.3, -0.25) is 4.79 Å². The highest BCUT2D eigenvalue weighted by Gasteiger charge is 2.46. The van der Waals surface area contributed by atoms with Crippen molar-refractivity contribution in [3.05, 3.63) is 0 Å². The molecule has 0 aromatic heterocycles. The van der Waals surface area contributed by atoms with Crippen molar-refractivity contribution >= 4 is 23.1 Å². The maximum Gasteiger partial charge on any atom is 0.235 e. The molecule has 108 valence electrons. The smallest absolute Gasteiger partial charge is 0.235 e. The molecule has 0 radical (unpaired) electrons. The van der Waals surface area contributed by atoms with E-state index in [4.69, 9.17) is 22.7 Å². The first-order valence-corrected chi connectivity index (χ1v) is 7.51. The van der Waals surface area contributed by atoms with Crippen LogP contribution < -0.4 is 5.73 Å². The number of amides is 1. The van der Waals surface area contributed by atoms with E-state index in [0.717, 1.165) is 25.7 Å². The normalized spacial score (nSPS) is 25.9. The van der Waals surface area contributed by atoms with Gasteiger partial charge in [0.2, 0.25) is 5.91 Å². The van der Waals surface area contributed by atoms with Gasteiger partial charge in [0.25, 0.3) is 0 Å². The zero-order valence-electron chi connectivity index (χ0n) is 11.9. The molecule has 4 nitrogen and oxygen atoms in total. The second-order valence-electron chi connectivity index (χ2n) is 6.34. The van der Waals surface area contributed by atoms with E-state index in [1.165, 1.54) is 6.42 Å². The summed E-state index contributed by atoms with van der Waals surface area (Å²) in [5, 5.41) is 0. The molecule has 0 atom stereocenters. The Morgan fingerprint density at radius 1 is 1.26 bits per heavy atom. The number of thiocarbonyl (C=S) groups is 1. The Labute approximate surface area is 120 Å². The standard InChI is InChI=1S/C14H24N2O2S/c1-13(2)10-16(8-9-18-13)12(17)14(11(15)19)6-4-3-5-7-14/h3-10H2,1-2H3,(H2,15,19). The molecule has 1 saturated heterocycles. The van der Waals surface area contributed by atoms with Crippen molar-refractivity contribution in [2.75, 3.05) is 19.7 Å². The van der Waals surface area contributed by atoms with Crippen LogP contribution in [0.15, 0.2) is 0 Å². The summed E-state index contributed by atoms with van der Waals surface area (Å²) in [6, 6.07) is 0. The molecule has 0 aromatic carbocycles. The van der Waals surface area contributed by atoms with Gasteiger partial charge >= 0.3 is 0 Å². The third-order valence-electron chi connectivity index (χ3n) is 4.30. The van der Waals surface area contributed by atoms with Crippen LogP contribution in [0.1, 0.15) is 46.0 Å². The van der Waals surface area contributed by atoms with Gasteiger partial charge in [0.15, 0.2) is 0 Å². The van der Waals surface area contributed by atoms with Crippen LogP contribution in [0, 0.1) is 5.41 Å². The van der Waals surface area contributed by atoms with Gasteiger partial charge in [0.1, 0.15) is 0 Å². The second-order valence-corrected chi connectivity index (χ2v) is 6.78. The van der Waals surface area contributed by atoms with E-state index < -0.39 is 5.41 Å². The lowest BCUT2D eigenvalue weighted by Crippen LogP contribution is -2.58. The average Bonchev–Trinajstić information content (AvgIpc) is 2.37.